The fourth-order valence-electron chi connectivity index (χ4n) is 2.24. The van der Waals surface area contributed by atoms with E-state index in [1.807, 2.05) is 6.92 Å². The van der Waals surface area contributed by atoms with Crippen molar-refractivity contribution in [2.75, 3.05) is 11.5 Å². The molecule has 0 amide bonds. The largest absolute Gasteiger partial charge is 0.388 e. The molecule has 1 fully saturated rings. The number of hydrogen-bond donors (Lipinski definition) is 1. The summed E-state index contributed by atoms with van der Waals surface area (Å²) in [6.07, 6.45) is 1.58. The molecule has 0 aliphatic carbocycles. The van der Waals surface area contributed by atoms with Crippen LogP contribution in [0.1, 0.15) is 23.8 Å². The summed E-state index contributed by atoms with van der Waals surface area (Å²) in [5.41, 5.74) is 1.50. The molecule has 0 radical (unpaired) electrons. The molecule has 1 aromatic rings. The number of sulfone groups is 1. The van der Waals surface area contributed by atoms with Crippen molar-refractivity contribution in [2.45, 2.75) is 19.4 Å². The summed E-state index contributed by atoms with van der Waals surface area (Å²) in [7, 11) is -1.16. The third-order valence-corrected chi connectivity index (χ3v) is 4.88. The van der Waals surface area contributed by atoms with E-state index in [0.717, 1.165) is 11.3 Å². The molecule has 90 valence electrons. The first-order valence-corrected chi connectivity index (χ1v) is 7.10. The Morgan fingerprint density at radius 3 is 2.75 bits per heavy atom. The second-order valence-corrected chi connectivity index (χ2v) is 6.68. The zero-order valence-corrected chi connectivity index (χ0v) is 10.2. The molecule has 1 aliphatic heterocycles. The van der Waals surface area contributed by atoms with Crippen LogP contribution in [0.15, 0.2) is 6.20 Å². The number of rotatable bonds is 2. The molecule has 2 heterocycles. The number of hydrogen-bond acceptors (Lipinski definition) is 4. The Morgan fingerprint density at radius 1 is 1.62 bits per heavy atom. The fourth-order valence-corrected chi connectivity index (χ4v) is 4.06. The monoisotopic (exact) mass is 244 g/mol. The van der Waals surface area contributed by atoms with Crippen molar-refractivity contribution >= 4 is 9.84 Å². The predicted molar refractivity (Wildman–Crippen MR) is 59.7 cm³/mol. The summed E-state index contributed by atoms with van der Waals surface area (Å²) >= 11 is 0. The maximum Gasteiger partial charge on any atom is 0.150 e. The summed E-state index contributed by atoms with van der Waals surface area (Å²) in [4.78, 5) is 0. The highest BCUT2D eigenvalue weighted by atomic mass is 32.2. The first kappa shape index (κ1) is 11.6. The molecule has 2 unspecified atom stereocenters. The second-order valence-electron chi connectivity index (χ2n) is 4.45. The zero-order chi connectivity index (χ0) is 11.9. The highest BCUT2D eigenvalue weighted by Gasteiger charge is 2.34. The van der Waals surface area contributed by atoms with Gasteiger partial charge in [-0.15, -0.1) is 0 Å². The number of aryl methyl sites for hydroxylation is 2. The summed E-state index contributed by atoms with van der Waals surface area (Å²) in [6.45, 7) is 1.82. The Morgan fingerprint density at radius 2 is 2.31 bits per heavy atom. The fraction of sp³-hybridized carbons (Fsp3) is 0.700. The number of aromatic nitrogens is 2. The van der Waals surface area contributed by atoms with Gasteiger partial charge in [-0.2, -0.15) is 5.10 Å². The highest BCUT2D eigenvalue weighted by Crippen LogP contribution is 2.32. The van der Waals surface area contributed by atoms with Crippen molar-refractivity contribution in [2.24, 2.45) is 13.0 Å². The van der Waals surface area contributed by atoms with Crippen molar-refractivity contribution in [1.29, 1.82) is 0 Å². The highest BCUT2D eigenvalue weighted by molar-refractivity contribution is 7.91. The average molecular weight is 244 g/mol. The molecule has 0 aromatic carbocycles. The number of aliphatic hydroxyl groups excluding tert-OH is 1. The molecule has 1 aromatic heterocycles. The lowest BCUT2D eigenvalue weighted by atomic mass is 9.96. The SMILES string of the molecule is Cc1nn(C)cc1C(O)C1CCS(=O)(=O)C1. The van der Waals surface area contributed by atoms with E-state index in [-0.39, 0.29) is 17.4 Å². The minimum atomic E-state index is -2.94. The van der Waals surface area contributed by atoms with Gasteiger partial charge in [0.1, 0.15) is 0 Å². The first-order chi connectivity index (χ1) is 7.39. The molecule has 2 rings (SSSR count). The van der Waals surface area contributed by atoms with Crippen LogP contribution in [0.25, 0.3) is 0 Å². The van der Waals surface area contributed by atoms with Crippen LogP contribution in [0.5, 0.6) is 0 Å². The molecule has 0 spiro atoms. The lowest BCUT2D eigenvalue weighted by molar-refractivity contribution is 0.120. The molecule has 5 nitrogen and oxygen atoms in total. The van der Waals surface area contributed by atoms with Gasteiger partial charge in [0.2, 0.25) is 0 Å². The van der Waals surface area contributed by atoms with Crippen LogP contribution in [-0.4, -0.2) is 34.8 Å². The van der Waals surface area contributed by atoms with Crippen LogP contribution >= 0.6 is 0 Å². The van der Waals surface area contributed by atoms with Crippen LogP contribution in [0, 0.1) is 12.8 Å². The van der Waals surface area contributed by atoms with Crippen molar-refractivity contribution < 1.29 is 13.5 Å². The molecule has 2 atom stereocenters. The Kier molecular flexibility index (Phi) is 2.79. The van der Waals surface area contributed by atoms with Gasteiger partial charge in [0.15, 0.2) is 9.84 Å². The molecular formula is C10H16N2O3S. The van der Waals surface area contributed by atoms with Crippen molar-refractivity contribution in [1.82, 2.24) is 9.78 Å². The van der Waals surface area contributed by atoms with Gasteiger partial charge in [0, 0.05) is 24.7 Å². The van der Waals surface area contributed by atoms with Gasteiger partial charge in [-0.3, -0.25) is 4.68 Å². The van der Waals surface area contributed by atoms with Crippen LogP contribution < -0.4 is 0 Å². The van der Waals surface area contributed by atoms with E-state index in [1.54, 1.807) is 17.9 Å². The molecule has 6 heteroatoms. The predicted octanol–water partition coefficient (Wildman–Crippen LogP) is 0.197. The van der Waals surface area contributed by atoms with Gasteiger partial charge in [-0.05, 0) is 13.3 Å². The number of aliphatic hydroxyl groups is 1. The third-order valence-electron chi connectivity index (χ3n) is 3.08. The van der Waals surface area contributed by atoms with Crippen LogP contribution in [-0.2, 0) is 16.9 Å². The van der Waals surface area contributed by atoms with Gasteiger partial charge >= 0.3 is 0 Å². The summed E-state index contributed by atoms with van der Waals surface area (Å²) in [6, 6.07) is 0. The molecule has 1 saturated heterocycles. The van der Waals surface area contributed by atoms with E-state index in [2.05, 4.69) is 5.10 Å². The molecule has 1 N–H and O–H groups in total. The van der Waals surface area contributed by atoms with E-state index >= 15 is 0 Å². The molecule has 1 aliphatic rings. The van der Waals surface area contributed by atoms with Crippen molar-refractivity contribution in [3.63, 3.8) is 0 Å². The van der Waals surface area contributed by atoms with Crippen LogP contribution in [0.4, 0.5) is 0 Å². The maximum atomic E-state index is 11.3. The van der Waals surface area contributed by atoms with E-state index in [4.69, 9.17) is 0 Å². The normalized spacial score (nSPS) is 25.8. The van der Waals surface area contributed by atoms with Gasteiger partial charge in [0.25, 0.3) is 0 Å². The summed E-state index contributed by atoms with van der Waals surface area (Å²) < 4.78 is 24.3. The average Bonchev–Trinajstić information content (AvgIpc) is 2.68. The van der Waals surface area contributed by atoms with E-state index in [1.165, 1.54) is 0 Å². The van der Waals surface area contributed by atoms with Crippen molar-refractivity contribution in [3.8, 4) is 0 Å². The Hall–Kier alpha value is -0.880. The first-order valence-electron chi connectivity index (χ1n) is 5.28. The second kappa shape index (κ2) is 3.85. The lowest BCUT2D eigenvalue weighted by Gasteiger charge is -2.15. The molecule has 0 saturated carbocycles. The smallest absolute Gasteiger partial charge is 0.150 e. The van der Waals surface area contributed by atoms with Gasteiger partial charge in [-0.25, -0.2) is 8.42 Å². The molecular weight excluding hydrogens is 228 g/mol. The summed E-state index contributed by atoms with van der Waals surface area (Å²) in [5.74, 6) is 0.0872. The van der Waals surface area contributed by atoms with Crippen LogP contribution in [0.2, 0.25) is 0 Å². The topological polar surface area (TPSA) is 72.2 Å². The number of nitrogens with zero attached hydrogens (tertiary/aromatic N) is 2. The summed E-state index contributed by atoms with van der Waals surface area (Å²) in [5, 5.41) is 14.3. The van der Waals surface area contributed by atoms with Gasteiger partial charge < -0.3 is 5.11 Å². The third kappa shape index (κ3) is 2.12. The van der Waals surface area contributed by atoms with Gasteiger partial charge in [0.05, 0.1) is 23.3 Å². The van der Waals surface area contributed by atoms with Crippen LogP contribution in [0.3, 0.4) is 0 Å². The standard InChI is InChI=1S/C10H16N2O3S/c1-7-9(5-12(2)11-7)10(13)8-3-4-16(14,15)6-8/h5,8,10,13H,3-4,6H2,1-2H3. The minimum absolute atomic E-state index is 0.0858. The lowest BCUT2D eigenvalue weighted by Crippen LogP contribution is -2.14. The van der Waals surface area contributed by atoms with E-state index in [0.29, 0.717) is 6.42 Å². The zero-order valence-electron chi connectivity index (χ0n) is 9.42. The maximum absolute atomic E-state index is 11.3. The minimum Gasteiger partial charge on any atom is -0.388 e. The van der Waals surface area contributed by atoms with Gasteiger partial charge in [-0.1, -0.05) is 0 Å². The van der Waals surface area contributed by atoms with E-state index in [9.17, 15) is 13.5 Å². The molecule has 0 bridgehead atoms. The van der Waals surface area contributed by atoms with E-state index < -0.39 is 15.9 Å². The Bertz CT molecular complexity index is 492. The quantitative estimate of drug-likeness (QED) is 0.806. The Balaban J connectivity index is 2.20. The van der Waals surface area contributed by atoms with Crippen molar-refractivity contribution in [3.05, 3.63) is 17.5 Å². The Labute approximate surface area is 95.0 Å². The molecule has 16 heavy (non-hydrogen) atoms.